The van der Waals surface area contributed by atoms with Crippen molar-refractivity contribution < 1.29 is 9.18 Å². The maximum atomic E-state index is 14.4. The lowest BCUT2D eigenvalue weighted by atomic mass is 9.78. The lowest BCUT2D eigenvalue weighted by Gasteiger charge is -2.31. The van der Waals surface area contributed by atoms with Gasteiger partial charge in [-0.1, -0.05) is 31.0 Å². The Labute approximate surface area is 146 Å². The molecule has 1 unspecified atom stereocenters. The van der Waals surface area contributed by atoms with Gasteiger partial charge in [-0.3, -0.25) is 4.79 Å². The quantitative estimate of drug-likeness (QED) is 0.929. The molecule has 1 aromatic carbocycles. The van der Waals surface area contributed by atoms with Crippen molar-refractivity contribution in [3.63, 3.8) is 0 Å². The number of fused-ring (bicyclic) bond motifs is 1. The van der Waals surface area contributed by atoms with Crippen LogP contribution in [0.3, 0.4) is 0 Å². The van der Waals surface area contributed by atoms with Crippen LogP contribution in [0.2, 0.25) is 0 Å². The first kappa shape index (κ1) is 16.2. The van der Waals surface area contributed by atoms with Crippen LogP contribution in [-0.4, -0.2) is 27.2 Å². The molecule has 132 valence electrons. The summed E-state index contributed by atoms with van der Waals surface area (Å²) < 4.78 is 16.2. The predicted octanol–water partition coefficient (Wildman–Crippen LogP) is 2.61. The molecule has 0 bridgehead atoms. The third-order valence-corrected chi connectivity index (χ3v) is 5.78. The number of aryl methyl sites for hydroxylation is 1. The van der Waals surface area contributed by atoms with Crippen molar-refractivity contribution in [3.05, 3.63) is 47.8 Å². The van der Waals surface area contributed by atoms with Gasteiger partial charge in [0.15, 0.2) is 0 Å². The number of nitrogens with zero attached hydrogens (tertiary/aromatic N) is 3. The number of halogens is 1. The topological polar surface area (TPSA) is 59.8 Å². The standard InChI is InChI=1S/C19H23FN4O/c20-16-6-2-1-5-15(16)19(9-3-4-10-19)12-21-18(25)14-7-8-17-22-13-23-24(17)11-14/h1-2,5-6,13-14H,3-4,7-12H2,(H,21,25). The summed E-state index contributed by atoms with van der Waals surface area (Å²) in [5.74, 6) is 0.739. The second-order valence-electron chi connectivity index (χ2n) is 7.28. The minimum Gasteiger partial charge on any atom is -0.355 e. The van der Waals surface area contributed by atoms with E-state index in [9.17, 15) is 9.18 Å². The van der Waals surface area contributed by atoms with E-state index in [-0.39, 0.29) is 23.1 Å². The van der Waals surface area contributed by atoms with Crippen molar-refractivity contribution in [1.82, 2.24) is 20.1 Å². The molecule has 1 fully saturated rings. The van der Waals surface area contributed by atoms with Crippen LogP contribution in [0.4, 0.5) is 4.39 Å². The molecular weight excluding hydrogens is 319 g/mol. The molecular formula is C19H23FN4O. The van der Waals surface area contributed by atoms with E-state index in [1.54, 1.807) is 12.4 Å². The van der Waals surface area contributed by atoms with E-state index in [0.717, 1.165) is 49.9 Å². The van der Waals surface area contributed by atoms with Crippen LogP contribution in [-0.2, 0) is 23.2 Å². The van der Waals surface area contributed by atoms with E-state index < -0.39 is 0 Å². The number of hydrogen-bond acceptors (Lipinski definition) is 3. The lowest BCUT2D eigenvalue weighted by Crippen LogP contribution is -2.43. The number of hydrogen-bond donors (Lipinski definition) is 1. The van der Waals surface area contributed by atoms with Crippen molar-refractivity contribution >= 4 is 5.91 Å². The van der Waals surface area contributed by atoms with Gasteiger partial charge in [0.25, 0.3) is 0 Å². The molecule has 4 rings (SSSR count). The van der Waals surface area contributed by atoms with Gasteiger partial charge in [-0.05, 0) is 30.9 Å². The van der Waals surface area contributed by atoms with Crippen LogP contribution in [0.5, 0.6) is 0 Å². The molecule has 0 radical (unpaired) electrons. The van der Waals surface area contributed by atoms with Crippen molar-refractivity contribution in [2.75, 3.05) is 6.54 Å². The fourth-order valence-corrected chi connectivity index (χ4v) is 4.34. The summed E-state index contributed by atoms with van der Waals surface area (Å²) in [7, 11) is 0. The van der Waals surface area contributed by atoms with E-state index in [2.05, 4.69) is 15.4 Å². The molecule has 1 aliphatic heterocycles. The fourth-order valence-electron chi connectivity index (χ4n) is 4.34. The number of carbonyl (C=O) groups is 1. The Morgan fingerprint density at radius 2 is 2.12 bits per heavy atom. The van der Waals surface area contributed by atoms with E-state index >= 15 is 0 Å². The zero-order valence-electron chi connectivity index (χ0n) is 14.2. The molecule has 1 aromatic heterocycles. The van der Waals surface area contributed by atoms with Crippen LogP contribution in [0.15, 0.2) is 30.6 Å². The van der Waals surface area contributed by atoms with E-state index in [0.29, 0.717) is 13.1 Å². The van der Waals surface area contributed by atoms with Gasteiger partial charge in [-0.2, -0.15) is 5.10 Å². The minimum atomic E-state index is -0.270. The monoisotopic (exact) mass is 342 g/mol. The van der Waals surface area contributed by atoms with Crippen LogP contribution < -0.4 is 5.32 Å². The molecule has 2 aliphatic rings. The Hall–Kier alpha value is -2.24. The molecule has 1 amide bonds. The molecule has 1 atom stereocenters. The SMILES string of the molecule is O=C(NCC1(c2ccccc2F)CCCC1)C1CCc2ncnn2C1. The van der Waals surface area contributed by atoms with Gasteiger partial charge >= 0.3 is 0 Å². The molecule has 2 aromatic rings. The first-order valence-corrected chi connectivity index (χ1v) is 9.07. The Morgan fingerprint density at radius 1 is 1.32 bits per heavy atom. The molecule has 1 saturated carbocycles. The summed E-state index contributed by atoms with van der Waals surface area (Å²) in [6.07, 6.45) is 7.11. The van der Waals surface area contributed by atoms with Crippen molar-refractivity contribution in [2.24, 2.45) is 5.92 Å². The number of aromatic nitrogens is 3. The molecule has 1 aliphatic carbocycles. The highest BCUT2D eigenvalue weighted by atomic mass is 19.1. The fraction of sp³-hybridized carbons (Fsp3) is 0.526. The zero-order valence-corrected chi connectivity index (χ0v) is 14.2. The summed E-state index contributed by atoms with van der Waals surface area (Å²) in [5.41, 5.74) is 0.476. The number of amides is 1. The second kappa shape index (κ2) is 6.58. The van der Waals surface area contributed by atoms with Gasteiger partial charge in [0.1, 0.15) is 18.0 Å². The summed E-state index contributed by atoms with van der Waals surface area (Å²) >= 11 is 0. The molecule has 6 heteroatoms. The number of rotatable bonds is 4. The Balaban J connectivity index is 1.46. The first-order chi connectivity index (χ1) is 12.2. The maximum absolute atomic E-state index is 14.4. The van der Waals surface area contributed by atoms with Gasteiger partial charge in [-0.25, -0.2) is 14.1 Å². The van der Waals surface area contributed by atoms with Gasteiger partial charge in [0, 0.05) is 18.4 Å². The van der Waals surface area contributed by atoms with Gasteiger partial charge in [-0.15, -0.1) is 0 Å². The van der Waals surface area contributed by atoms with Gasteiger partial charge < -0.3 is 5.32 Å². The third kappa shape index (κ3) is 3.05. The van der Waals surface area contributed by atoms with E-state index in [1.807, 2.05) is 16.8 Å². The average Bonchev–Trinajstić information content (AvgIpc) is 3.29. The van der Waals surface area contributed by atoms with Crippen LogP contribution >= 0.6 is 0 Å². The van der Waals surface area contributed by atoms with Crippen molar-refractivity contribution in [1.29, 1.82) is 0 Å². The predicted molar refractivity (Wildman–Crippen MR) is 91.4 cm³/mol. The maximum Gasteiger partial charge on any atom is 0.225 e. The van der Waals surface area contributed by atoms with Gasteiger partial charge in [0.2, 0.25) is 5.91 Å². The van der Waals surface area contributed by atoms with E-state index in [1.165, 1.54) is 6.07 Å². The Kier molecular flexibility index (Phi) is 4.27. The average molecular weight is 342 g/mol. The second-order valence-corrected chi connectivity index (χ2v) is 7.28. The molecule has 1 N–H and O–H groups in total. The molecule has 2 heterocycles. The highest BCUT2D eigenvalue weighted by Gasteiger charge is 2.38. The summed E-state index contributed by atoms with van der Waals surface area (Å²) in [6, 6.07) is 6.99. The molecule has 5 nitrogen and oxygen atoms in total. The van der Waals surface area contributed by atoms with Crippen molar-refractivity contribution in [2.45, 2.75) is 50.5 Å². The molecule has 25 heavy (non-hydrogen) atoms. The van der Waals surface area contributed by atoms with Crippen LogP contribution in [0.25, 0.3) is 0 Å². The summed E-state index contributed by atoms with van der Waals surface area (Å²) in [4.78, 5) is 16.9. The lowest BCUT2D eigenvalue weighted by molar-refractivity contribution is -0.126. The molecule has 0 spiro atoms. The highest BCUT2D eigenvalue weighted by molar-refractivity contribution is 5.78. The summed E-state index contributed by atoms with van der Waals surface area (Å²) in [5, 5.41) is 7.29. The largest absolute Gasteiger partial charge is 0.355 e. The highest BCUT2D eigenvalue weighted by Crippen LogP contribution is 2.41. The normalized spacial score (nSPS) is 21.7. The van der Waals surface area contributed by atoms with Crippen molar-refractivity contribution in [3.8, 4) is 0 Å². The minimum absolute atomic E-state index is 0.0452. The summed E-state index contributed by atoms with van der Waals surface area (Å²) in [6.45, 7) is 1.08. The smallest absolute Gasteiger partial charge is 0.225 e. The third-order valence-electron chi connectivity index (χ3n) is 5.78. The van der Waals surface area contributed by atoms with E-state index in [4.69, 9.17) is 0 Å². The van der Waals surface area contributed by atoms with Crippen LogP contribution in [0.1, 0.15) is 43.5 Å². The van der Waals surface area contributed by atoms with Gasteiger partial charge in [0.05, 0.1) is 12.5 Å². The first-order valence-electron chi connectivity index (χ1n) is 9.07. The van der Waals surface area contributed by atoms with Crippen LogP contribution in [0, 0.1) is 11.7 Å². The number of benzene rings is 1. The zero-order chi connectivity index (χ0) is 17.3. The molecule has 0 saturated heterocycles. The Morgan fingerprint density at radius 3 is 2.92 bits per heavy atom. The number of carbonyl (C=O) groups excluding carboxylic acids is 1. The number of nitrogens with one attached hydrogen (secondary N) is 1. The Bertz CT molecular complexity index is 766.